The zero-order valence-corrected chi connectivity index (χ0v) is 11.7. The third kappa shape index (κ3) is 2.86. The predicted octanol–water partition coefficient (Wildman–Crippen LogP) is 1.29. The van der Waals surface area contributed by atoms with E-state index in [1.807, 2.05) is 12.1 Å². The molecule has 0 aliphatic rings. The molecule has 0 amide bonds. The quantitative estimate of drug-likeness (QED) is 0.783. The van der Waals surface area contributed by atoms with Crippen molar-refractivity contribution < 1.29 is 8.42 Å². The number of anilines is 1. The number of thiophene rings is 1. The highest BCUT2D eigenvalue weighted by atomic mass is 79.9. The molecule has 0 radical (unpaired) electrons. The Morgan fingerprint density at radius 2 is 2.29 bits per heavy atom. The van der Waals surface area contributed by atoms with Crippen LogP contribution in [-0.4, -0.2) is 18.6 Å². The number of halogens is 1. The van der Waals surface area contributed by atoms with Crippen molar-refractivity contribution in [3.05, 3.63) is 27.0 Å². The van der Waals surface area contributed by atoms with Gasteiger partial charge in [-0.05, 0) is 28.1 Å². The fraction of sp³-hybridized carbons (Fsp3) is 0.125. The maximum absolute atomic E-state index is 11.8. The number of nitrogen functional groups attached to an aromatic ring is 1. The number of aromatic nitrogens is 2. The maximum Gasteiger partial charge on any atom is 0.246 e. The Morgan fingerprint density at radius 3 is 2.82 bits per heavy atom. The number of hydrogen-bond donors (Lipinski definition) is 3. The molecule has 0 fully saturated rings. The number of hydrogen-bond acceptors (Lipinski definition) is 5. The Balaban J connectivity index is 2.11. The van der Waals surface area contributed by atoms with E-state index in [0.29, 0.717) is 0 Å². The summed E-state index contributed by atoms with van der Waals surface area (Å²) in [7, 11) is -3.61. The van der Waals surface area contributed by atoms with Crippen LogP contribution in [0.4, 0.5) is 5.82 Å². The zero-order valence-electron chi connectivity index (χ0n) is 8.47. The fourth-order valence-corrected chi connectivity index (χ4v) is 3.73. The first-order chi connectivity index (χ1) is 7.99. The summed E-state index contributed by atoms with van der Waals surface area (Å²) in [6.07, 6.45) is 1.18. The highest BCUT2D eigenvalue weighted by Crippen LogP contribution is 2.22. The minimum absolute atomic E-state index is 0.0323. The van der Waals surface area contributed by atoms with Gasteiger partial charge in [0.1, 0.15) is 10.7 Å². The molecule has 2 aromatic heterocycles. The van der Waals surface area contributed by atoms with Crippen molar-refractivity contribution in [2.75, 3.05) is 5.73 Å². The van der Waals surface area contributed by atoms with Gasteiger partial charge >= 0.3 is 0 Å². The summed E-state index contributed by atoms with van der Waals surface area (Å²) < 4.78 is 27.1. The second-order valence-corrected chi connectivity index (χ2v) is 7.46. The molecule has 9 heteroatoms. The van der Waals surface area contributed by atoms with Gasteiger partial charge in [-0.3, -0.25) is 5.10 Å². The van der Waals surface area contributed by atoms with Crippen LogP contribution in [0.1, 0.15) is 4.88 Å². The van der Waals surface area contributed by atoms with Crippen molar-refractivity contribution in [2.24, 2.45) is 0 Å². The van der Waals surface area contributed by atoms with Crippen molar-refractivity contribution in [1.82, 2.24) is 14.9 Å². The summed E-state index contributed by atoms with van der Waals surface area (Å²) in [5.74, 6) is 0.0323. The van der Waals surface area contributed by atoms with Crippen molar-refractivity contribution in [3.8, 4) is 0 Å². The molecule has 0 aliphatic heterocycles. The number of nitrogens with two attached hydrogens (primary N) is 1. The number of nitrogens with zero attached hydrogens (tertiary/aromatic N) is 1. The molecule has 0 saturated carbocycles. The summed E-state index contributed by atoms with van der Waals surface area (Å²) in [6, 6.07) is 3.70. The third-order valence-electron chi connectivity index (χ3n) is 1.99. The number of H-pyrrole nitrogens is 1. The first-order valence-electron chi connectivity index (χ1n) is 4.52. The molecule has 0 bridgehead atoms. The van der Waals surface area contributed by atoms with Gasteiger partial charge < -0.3 is 5.73 Å². The van der Waals surface area contributed by atoms with Gasteiger partial charge in [-0.2, -0.15) is 5.10 Å². The van der Waals surface area contributed by atoms with E-state index in [9.17, 15) is 8.42 Å². The van der Waals surface area contributed by atoms with Crippen LogP contribution in [0.2, 0.25) is 0 Å². The molecule has 0 saturated heterocycles. The highest BCUT2D eigenvalue weighted by molar-refractivity contribution is 9.11. The minimum Gasteiger partial charge on any atom is -0.383 e. The molecule has 2 aromatic rings. The average molecular weight is 337 g/mol. The van der Waals surface area contributed by atoms with Crippen molar-refractivity contribution in [2.45, 2.75) is 11.4 Å². The van der Waals surface area contributed by atoms with Crippen molar-refractivity contribution >= 4 is 43.1 Å². The minimum atomic E-state index is -3.61. The summed E-state index contributed by atoms with van der Waals surface area (Å²) in [4.78, 5) is 0.871. The summed E-state index contributed by atoms with van der Waals surface area (Å²) in [5.41, 5.74) is 5.46. The van der Waals surface area contributed by atoms with Gasteiger partial charge in [-0.1, -0.05) is 0 Å². The fourth-order valence-electron chi connectivity index (χ4n) is 1.19. The lowest BCUT2D eigenvalue weighted by molar-refractivity contribution is 0.582. The van der Waals surface area contributed by atoms with E-state index in [-0.39, 0.29) is 17.3 Å². The van der Waals surface area contributed by atoms with Crippen LogP contribution in [0.5, 0.6) is 0 Å². The maximum atomic E-state index is 11.8. The van der Waals surface area contributed by atoms with Gasteiger partial charge in [0.15, 0.2) is 0 Å². The van der Waals surface area contributed by atoms with Crippen LogP contribution in [0, 0.1) is 0 Å². The largest absolute Gasteiger partial charge is 0.383 e. The topological polar surface area (TPSA) is 101 Å². The van der Waals surface area contributed by atoms with E-state index < -0.39 is 10.0 Å². The van der Waals surface area contributed by atoms with E-state index in [4.69, 9.17) is 5.73 Å². The number of aromatic amines is 1. The Hall–Kier alpha value is -0.900. The van der Waals surface area contributed by atoms with Crippen molar-refractivity contribution in [1.29, 1.82) is 0 Å². The molecule has 17 heavy (non-hydrogen) atoms. The normalized spacial score (nSPS) is 11.8. The van der Waals surface area contributed by atoms with Crippen LogP contribution < -0.4 is 10.5 Å². The lowest BCUT2D eigenvalue weighted by Gasteiger charge is -2.03. The molecule has 0 aromatic carbocycles. The van der Waals surface area contributed by atoms with Crippen LogP contribution in [0.15, 0.2) is 27.0 Å². The average Bonchev–Trinajstić information content (AvgIpc) is 2.85. The smallest absolute Gasteiger partial charge is 0.246 e. The third-order valence-corrected chi connectivity index (χ3v) is 5.04. The van der Waals surface area contributed by atoms with Crippen LogP contribution >= 0.6 is 27.3 Å². The van der Waals surface area contributed by atoms with Gasteiger partial charge in [0, 0.05) is 11.4 Å². The van der Waals surface area contributed by atoms with E-state index in [2.05, 4.69) is 30.8 Å². The van der Waals surface area contributed by atoms with Crippen LogP contribution in [-0.2, 0) is 16.6 Å². The van der Waals surface area contributed by atoms with E-state index in [1.165, 1.54) is 17.5 Å². The van der Waals surface area contributed by atoms with Gasteiger partial charge in [-0.25, -0.2) is 13.1 Å². The Morgan fingerprint density at radius 1 is 1.53 bits per heavy atom. The van der Waals surface area contributed by atoms with Crippen molar-refractivity contribution in [3.63, 3.8) is 0 Å². The van der Waals surface area contributed by atoms with Crippen LogP contribution in [0.3, 0.4) is 0 Å². The predicted molar refractivity (Wildman–Crippen MR) is 69.0 cm³/mol. The first-order valence-corrected chi connectivity index (χ1v) is 7.61. The summed E-state index contributed by atoms with van der Waals surface area (Å²) >= 11 is 4.77. The molecular formula is C8H9BrN4O2S2. The van der Waals surface area contributed by atoms with E-state index in [1.54, 1.807) is 0 Å². The lowest BCUT2D eigenvalue weighted by Crippen LogP contribution is -2.23. The van der Waals surface area contributed by atoms with E-state index in [0.717, 1.165) is 8.66 Å². The van der Waals surface area contributed by atoms with Gasteiger partial charge in [-0.15, -0.1) is 11.3 Å². The Labute approximate surface area is 110 Å². The number of sulfonamides is 1. The van der Waals surface area contributed by atoms with Crippen LogP contribution in [0.25, 0.3) is 0 Å². The first kappa shape index (κ1) is 12.6. The Kier molecular flexibility index (Phi) is 3.52. The van der Waals surface area contributed by atoms with Gasteiger partial charge in [0.05, 0.1) is 9.98 Å². The molecule has 2 rings (SSSR count). The molecule has 0 aliphatic carbocycles. The highest BCUT2D eigenvalue weighted by Gasteiger charge is 2.19. The SMILES string of the molecule is Nc1[nH]ncc1S(=O)(=O)NCc1ccc(Br)s1. The Bertz CT molecular complexity index is 619. The molecular weight excluding hydrogens is 328 g/mol. The molecule has 0 unspecified atom stereocenters. The lowest BCUT2D eigenvalue weighted by atomic mass is 10.5. The molecule has 0 atom stereocenters. The van der Waals surface area contributed by atoms with E-state index >= 15 is 0 Å². The second kappa shape index (κ2) is 4.77. The van der Waals surface area contributed by atoms with Gasteiger partial charge in [0.2, 0.25) is 10.0 Å². The molecule has 4 N–H and O–H groups in total. The summed E-state index contributed by atoms with van der Waals surface area (Å²) in [6.45, 7) is 0.225. The molecule has 2 heterocycles. The monoisotopic (exact) mass is 336 g/mol. The standard InChI is InChI=1S/C8H9BrN4O2S2/c9-7-2-1-5(16-7)3-12-17(14,15)6-4-11-13-8(6)10/h1-2,4,12H,3H2,(H3,10,11,13). The molecule has 92 valence electrons. The molecule has 6 nitrogen and oxygen atoms in total. The summed E-state index contributed by atoms with van der Waals surface area (Å²) in [5, 5.41) is 5.95. The number of rotatable bonds is 4. The number of nitrogens with one attached hydrogen (secondary N) is 2. The second-order valence-electron chi connectivity index (χ2n) is 3.18. The zero-order chi connectivity index (χ0) is 12.5. The molecule has 0 spiro atoms. The van der Waals surface area contributed by atoms with Gasteiger partial charge in [0.25, 0.3) is 0 Å².